The average molecular weight is 333 g/mol. The number of fused-ring (bicyclic) bond motifs is 2. The molecule has 3 atom stereocenters. The molecule has 3 unspecified atom stereocenters. The average Bonchev–Trinajstić information content (AvgIpc) is 3.17. The van der Waals surface area contributed by atoms with Crippen molar-refractivity contribution in [3.63, 3.8) is 0 Å². The summed E-state index contributed by atoms with van der Waals surface area (Å²) in [6.45, 7) is 0. The van der Waals surface area contributed by atoms with Crippen LogP contribution in [-0.4, -0.2) is 27.9 Å². The van der Waals surface area contributed by atoms with Crippen LogP contribution in [0.3, 0.4) is 0 Å². The van der Waals surface area contributed by atoms with E-state index in [1.54, 1.807) is 0 Å². The lowest BCUT2D eigenvalue weighted by molar-refractivity contribution is -0.395. The maximum Gasteiger partial charge on any atom is 0.321 e. The third-order valence-corrected chi connectivity index (χ3v) is 4.49. The molecule has 9 nitrogen and oxygen atoms in total. The molecule has 0 aromatic heterocycles. The zero-order valence-corrected chi connectivity index (χ0v) is 12.8. The minimum absolute atomic E-state index is 0.181. The van der Waals surface area contributed by atoms with E-state index in [1.165, 1.54) is 7.05 Å². The molecule has 0 heterocycles. The Morgan fingerprint density at radius 3 is 2.50 bits per heavy atom. The van der Waals surface area contributed by atoms with Gasteiger partial charge in [-0.1, -0.05) is 12.2 Å². The number of non-ortho nitro benzene ring substituents is 1. The number of benzene rings is 1. The molecule has 0 radical (unpaired) electrons. The Hall–Kier alpha value is -2.97. The molecule has 2 bridgehead atoms. The van der Waals surface area contributed by atoms with Crippen LogP contribution in [0.25, 0.3) is 0 Å². The first-order valence-electron chi connectivity index (χ1n) is 7.43. The third kappa shape index (κ3) is 2.80. The van der Waals surface area contributed by atoms with Crippen LogP contribution in [0.2, 0.25) is 0 Å². The molecular formula is C15H15N3O6. The number of carbonyl (C=O) groups excluding carboxylic acids is 1. The number of nitro groups is 2. The maximum atomic E-state index is 12.5. The molecule has 2 aliphatic rings. The smallest absolute Gasteiger partial charge is 0.321 e. The van der Waals surface area contributed by atoms with E-state index in [0.29, 0.717) is 5.92 Å². The van der Waals surface area contributed by atoms with Gasteiger partial charge < -0.3 is 4.84 Å². The van der Waals surface area contributed by atoms with Gasteiger partial charge in [-0.25, -0.2) is 0 Å². The van der Waals surface area contributed by atoms with Gasteiger partial charge in [0.2, 0.25) is 5.75 Å². The normalized spacial score (nSPS) is 24.0. The van der Waals surface area contributed by atoms with Crippen molar-refractivity contribution in [2.45, 2.75) is 12.8 Å². The standard InChI is InChI=1S/C15H15N3O6/c1-16(15(19)12-7-9-2-3-10(12)6-9)24-14-5-4-11(17(20)21)8-13(14)18(22)23/h2-5,8-10,12H,6-7H2,1H3. The second-order valence-corrected chi connectivity index (χ2v) is 5.98. The Balaban J connectivity index is 1.77. The molecule has 1 aromatic carbocycles. The highest BCUT2D eigenvalue weighted by atomic mass is 16.7. The minimum Gasteiger partial charge on any atom is -0.370 e. The van der Waals surface area contributed by atoms with Gasteiger partial charge in [0, 0.05) is 19.0 Å². The van der Waals surface area contributed by atoms with Gasteiger partial charge in [0.1, 0.15) is 0 Å². The Morgan fingerprint density at radius 2 is 1.96 bits per heavy atom. The summed E-state index contributed by atoms with van der Waals surface area (Å²) in [6.07, 6.45) is 5.83. The first-order chi connectivity index (χ1) is 11.4. The molecule has 1 amide bonds. The Morgan fingerprint density at radius 1 is 1.21 bits per heavy atom. The molecule has 24 heavy (non-hydrogen) atoms. The number of nitro benzene ring substituents is 2. The van der Waals surface area contributed by atoms with Crippen LogP contribution in [0.15, 0.2) is 30.4 Å². The minimum atomic E-state index is -0.777. The monoisotopic (exact) mass is 333 g/mol. The number of amides is 1. The van der Waals surface area contributed by atoms with Gasteiger partial charge in [0.05, 0.1) is 15.9 Å². The van der Waals surface area contributed by atoms with E-state index < -0.39 is 21.2 Å². The van der Waals surface area contributed by atoms with Crippen LogP contribution >= 0.6 is 0 Å². The van der Waals surface area contributed by atoms with Crippen LogP contribution in [0, 0.1) is 38.0 Å². The number of nitrogens with zero attached hydrogens (tertiary/aromatic N) is 3. The highest BCUT2D eigenvalue weighted by Crippen LogP contribution is 2.44. The Bertz CT molecular complexity index is 747. The molecule has 9 heteroatoms. The number of carbonyl (C=O) groups is 1. The fraction of sp³-hybridized carbons (Fsp3) is 0.400. The summed E-state index contributed by atoms with van der Waals surface area (Å²) < 4.78 is 0. The van der Waals surface area contributed by atoms with E-state index in [9.17, 15) is 25.0 Å². The zero-order chi connectivity index (χ0) is 17.4. The number of hydrogen-bond donors (Lipinski definition) is 0. The van der Waals surface area contributed by atoms with Gasteiger partial charge in [0.15, 0.2) is 0 Å². The van der Waals surface area contributed by atoms with Crippen molar-refractivity contribution in [1.29, 1.82) is 0 Å². The first kappa shape index (κ1) is 15.9. The van der Waals surface area contributed by atoms with E-state index in [0.717, 1.165) is 36.1 Å². The Labute approximate surface area is 136 Å². The van der Waals surface area contributed by atoms with Crippen molar-refractivity contribution < 1.29 is 19.5 Å². The van der Waals surface area contributed by atoms with Gasteiger partial charge in [-0.2, -0.15) is 5.06 Å². The van der Waals surface area contributed by atoms with Crippen molar-refractivity contribution in [1.82, 2.24) is 5.06 Å². The molecule has 1 fully saturated rings. The molecule has 2 aliphatic carbocycles. The summed E-state index contributed by atoms with van der Waals surface area (Å²) in [7, 11) is 1.39. The van der Waals surface area contributed by atoms with Gasteiger partial charge in [-0.05, 0) is 30.7 Å². The SMILES string of the molecule is CN(Oc1ccc([N+](=O)[O-])cc1[N+](=O)[O-])C(=O)C1CC2C=CC1C2. The van der Waals surface area contributed by atoms with E-state index in [2.05, 4.69) is 6.08 Å². The molecule has 0 spiro atoms. The van der Waals surface area contributed by atoms with Gasteiger partial charge in [-0.15, -0.1) is 0 Å². The van der Waals surface area contributed by atoms with Crippen molar-refractivity contribution in [2.24, 2.45) is 17.8 Å². The van der Waals surface area contributed by atoms with Gasteiger partial charge in [0.25, 0.3) is 11.6 Å². The molecule has 0 N–H and O–H groups in total. The van der Waals surface area contributed by atoms with Crippen molar-refractivity contribution in [2.75, 3.05) is 7.05 Å². The van der Waals surface area contributed by atoms with Crippen LogP contribution in [0.5, 0.6) is 5.75 Å². The molecule has 3 rings (SSSR count). The predicted octanol–water partition coefficient (Wildman–Crippen LogP) is 2.47. The molecular weight excluding hydrogens is 318 g/mol. The van der Waals surface area contributed by atoms with Gasteiger partial charge >= 0.3 is 5.69 Å². The maximum absolute atomic E-state index is 12.5. The summed E-state index contributed by atoms with van der Waals surface area (Å²) >= 11 is 0. The van der Waals surface area contributed by atoms with E-state index in [1.807, 2.05) is 6.08 Å². The fourth-order valence-corrected chi connectivity index (χ4v) is 3.33. The fourth-order valence-electron chi connectivity index (χ4n) is 3.33. The topological polar surface area (TPSA) is 116 Å². The summed E-state index contributed by atoms with van der Waals surface area (Å²) in [5, 5.41) is 22.8. The predicted molar refractivity (Wildman–Crippen MR) is 82.0 cm³/mol. The van der Waals surface area contributed by atoms with E-state index >= 15 is 0 Å². The molecule has 126 valence electrons. The zero-order valence-electron chi connectivity index (χ0n) is 12.8. The second-order valence-electron chi connectivity index (χ2n) is 5.98. The lowest BCUT2D eigenvalue weighted by Gasteiger charge is -2.24. The van der Waals surface area contributed by atoms with Crippen molar-refractivity contribution >= 4 is 17.3 Å². The van der Waals surface area contributed by atoms with Crippen molar-refractivity contribution in [3.05, 3.63) is 50.6 Å². The summed E-state index contributed by atoms with van der Waals surface area (Å²) in [6, 6.07) is 3.04. The molecule has 1 aromatic rings. The molecule has 0 saturated heterocycles. The third-order valence-electron chi connectivity index (χ3n) is 4.49. The quantitative estimate of drug-likeness (QED) is 0.464. The van der Waals surface area contributed by atoms with Gasteiger partial charge in [-0.3, -0.25) is 25.0 Å². The van der Waals surface area contributed by atoms with Crippen LogP contribution in [0.1, 0.15) is 12.8 Å². The lowest BCUT2D eigenvalue weighted by Crippen LogP contribution is -2.37. The number of hydrogen-bond acceptors (Lipinski definition) is 6. The summed E-state index contributed by atoms with van der Waals surface area (Å²) in [5.74, 6) is -0.0618. The summed E-state index contributed by atoms with van der Waals surface area (Å²) in [4.78, 5) is 38.1. The second kappa shape index (κ2) is 5.91. The largest absolute Gasteiger partial charge is 0.370 e. The van der Waals surface area contributed by atoms with Crippen LogP contribution in [-0.2, 0) is 4.79 Å². The van der Waals surface area contributed by atoms with E-state index in [4.69, 9.17) is 4.84 Å². The van der Waals surface area contributed by atoms with Crippen molar-refractivity contribution in [3.8, 4) is 5.75 Å². The number of rotatable bonds is 5. The highest BCUT2D eigenvalue weighted by Gasteiger charge is 2.41. The molecule has 0 aliphatic heterocycles. The number of allylic oxidation sites excluding steroid dienone is 2. The highest BCUT2D eigenvalue weighted by molar-refractivity contribution is 5.79. The van der Waals surface area contributed by atoms with Crippen LogP contribution < -0.4 is 4.84 Å². The van der Waals surface area contributed by atoms with E-state index in [-0.39, 0.29) is 23.5 Å². The Kier molecular flexibility index (Phi) is 3.92. The molecule has 1 saturated carbocycles. The first-order valence-corrected chi connectivity index (χ1v) is 7.43. The summed E-state index contributed by atoms with van der Waals surface area (Å²) in [5.41, 5.74) is -0.974. The van der Waals surface area contributed by atoms with Crippen LogP contribution in [0.4, 0.5) is 11.4 Å². The lowest BCUT2D eigenvalue weighted by atomic mass is 9.93. The number of hydroxylamine groups is 2.